The highest BCUT2D eigenvalue weighted by Gasteiger charge is 2.32. The van der Waals surface area contributed by atoms with Gasteiger partial charge in [-0.2, -0.15) is 13.2 Å². The van der Waals surface area contributed by atoms with Crippen LogP contribution in [-0.4, -0.2) is 9.97 Å². The molecule has 0 unspecified atom stereocenters. The zero-order chi connectivity index (χ0) is 13.2. The average Bonchev–Trinajstić information content (AvgIpc) is 2.31. The lowest BCUT2D eigenvalue weighted by molar-refractivity contribution is -0.138. The van der Waals surface area contributed by atoms with Crippen LogP contribution >= 0.6 is 0 Å². The summed E-state index contributed by atoms with van der Waals surface area (Å²) in [5, 5.41) is 0. The number of alkyl halides is 3. The first-order valence-corrected chi connectivity index (χ1v) is 5.32. The Kier molecular flexibility index (Phi) is 3.32. The second-order valence-electron chi connectivity index (χ2n) is 3.88. The first-order valence-electron chi connectivity index (χ1n) is 5.32. The first-order chi connectivity index (χ1) is 8.48. The molecule has 1 aromatic heterocycles. The molecule has 0 saturated carbocycles. The molecular weight excluding hydrogens is 241 g/mol. The van der Waals surface area contributed by atoms with Crippen LogP contribution in [0.2, 0.25) is 0 Å². The fourth-order valence-corrected chi connectivity index (χ4v) is 1.69. The van der Waals surface area contributed by atoms with Gasteiger partial charge in [0.05, 0.1) is 11.8 Å². The number of nitrogens with zero attached hydrogens (tertiary/aromatic N) is 2. The van der Waals surface area contributed by atoms with Crippen molar-refractivity contribution in [3.8, 4) is 0 Å². The summed E-state index contributed by atoms with van der Waals surface area (Å²) in [6, 6.07) is 5.51. The standard InChI is InChI=1S/C13H10F3N2/c1-9-11(7-17-8-18-9)6-10-4-2-3-5-12(10)13(14,15)16/h2-5,8H,6H2,1H3. The lowest BCUT2D eigenvalue weighted by Crippen LogP contribution is -2.10. The van der Waals surface area contributed by atoms with E-state index in [0.29, 0.717) is 11.3 Å². The van der Waals surface area contributed by atoms with Crippen molar-refractivity contribution < 1.29 is 13.2 Å². The van der Waals surface area contributed by atoms with Gasteiger partial charge in [-0.15, -0.1) is 0 Å². The van der Waals surface area contributed by atoms with E-state index in [0.717, 1.165) is 6.07 Å². The number of benzene rings is 1. The Morgan fingerprint density at radius 3 is 2.61 bits per heavy atom. The zero-order valence-electron chi connectivity index (χ0n) is 9.62. The van der Waals surface area contributed by atoms with Crippen molar-refractivity contribution in [3.63, 3.8) is 0 Å². The fourth-order valence-electron chi connectivity index (χ4n) is 1.69. The summed E-state index contributed by atoms with van der Waals surface area (Å²) in [5.41, 5.74) is 0.803. The lowest BCUT2D eigenvalue weighted by Gasteiger charge is -2.12. The van der Waals surface area contributed by atoms with E-state index in [9.17, 15) is 13.2 Å². The van der Waals surface area contributed by atoms with Gasteiger partial charge in [-0.1, -0.05) is 18.2 Å². The normalized spacial score (nSPS) is 11.6. The molecule has 93 valence electrons. The molecule has 0 atom stereocenters. The van der Waals surface area contributed by atoms with Gasteiger partial charge in [0.25, 0.3) is 0 Å². The molecule has 0 aliphatic rings. The van der Waals surface area contributed by atoms with E-state index >= 15 is 0 Å². The van der Waals surface area contributed by atoms with Crippen LogP contribution in [0, 0.1) is 13.1 Å². The Morgan fingerprint density at radius 1 is 1.22 bits per heavy atom. The van der Waals surface area contributed by atoms with Crippen LogP contribution in [0.4, 0.5) is 13.2 Å². The number of halogens is 3. The quantitative estimate of drug-likeness (QED) is 0.819. The van der Waals surface area contributed by atoms with E-state index < -0.39 is 11.7 Å². The molecule has 2 aromatic rings. The highest BCUT2D eigenvalue weighted by Crippen LogP contribution is 2.32. The number of rotatable bonds is 2. The van der Waals surface area contributed by atoms with Crippen LogP contribution in [0.1, 0.15) is 22.4 Å². The highest BCUT2D eigenvalue weighted by molar-refractivity contribution is 5.34. The molecule has 0 N–H and O–H groups in total. The van der Waals surface area contributed by atoms with Gasteiger partial charge in [-0.05, 0) is 18.6 Å². The molecule has 5 heteroatoms. The summed E-state index contributed by atoms with van der Waals surface area (Å²) in [4.78, 5) is 7.66. The van der Waals surface area contributed by atoms with E-state index in [1.165, 1.54) is 18.5 Å². The summed E-state index contributed by atoms with van der Waals surface area (Å²) < 4.78 is 38.4. The minimum absolute atomic E-state index is 0.127. The van der Waals surface area contributed by atoms with Gasteiger partial charge in [0.1, 0.15) is 6.33 Å². The summed E-state index contributed by atoms with van der Waals surface area (Å²) in [6.45, 7) is 1.73. The third kappa shape index (κ3) is 2.67. The minimum atomic E-state index is -4.35. The van der Waals surface area contributed by atoms with Crippen molar-refractivity contribution in [2.24, 2.45) is 0 Å². The van der Waals surface area contributed by atoms with E-state index in [4.69, 9.17) is 0 Å². The Bertz CT molecular complexity index is 550. The molecule has 0 amide bonds. The van der Waals surface area contributed by atoms with Crippen LogP contribution in [0.3, 0.4) is 0 Å². The van der Waals surface area contributed by atoms with Crippen LogP contribution in [0.5, 0.6) is 0 Å². The third-order valence-corrected chi connectivity index (χ3v) is 2.64. The van der Waals surface area contributed by atoms with Crippen molar-refractivity contribution in [2.45, 2.75) is 19.5 Å². The van der Waals surface area contributed by atoms with Crippen molar-refractivity contribution in [1.29, 1.82) is 0 Å². The summed E-state index contributed by atoms with van der Waals surface area (Å²) in [6.07, 6.45) is -0.208. The van der Waals surface area contributed by atoms with Gasteiger partial charge in [0.15, 0.2) is 0 Å². The molecule has 0 bridgehead atoms. The van der Waals surface area contributed by atoms with Crippen molar-refractivity contribution in [3.05, 3.63) is 59.2 Å². The van der Waals surface area contributed by atoms with Gasteiger partial charge in [-0.3, -0.25) is 0 Å². The smallest absolute Gasteiger partial charge is 0.241 e. The lowest BCUT2D eigenvalue weighted by atomic mass is 10.00. The summed E-state index contributed by atoms with van der Waals surface area (Å²) >= 11 is 0. The molecule has 0 spiro atoms. The van der Waals surface area contributed by atoms with Crippen molar-refractivity contribution in [1.82, 2.24) is 9.97 Å². The summed E-state index contributed by atoms with van der Waals surface area (Å²) in [7, 11) is 0. The first kappa shape index (κ1) is 12.5. The Morgan fingerprint density at radius 2 is 1.94 bits per heavy atom. The van der Waals surface area contributed by atoms with E-state index in [-0.39, 0.29) is 12.0 Å². The summed E-state index contributed by atoms with van der Waals surface area (Å²) in [5.74, 6) is 0. The molecule has 0 aliphatic heterocycles. The Labute approximate surface area is 103 Å². The van der Waals surface area contributed by atoms with E-state index in [2.05, 4.69) is 16.2 Å². The molecule has 1 radical (unpaired) electrons. The van der Waals surface area contributed by atoms with E-state index in [1.807, 2.05) is 0 Å². The number of hydrogen-bond donors (Lipinski definition) is 0. The molecule has 0 aliphatic carbocycles. The largest absolute Gasteiger partial charge is 0.416 e. The minimum Gasteiger partial charge on any atom is -0.241 e. The maximum atomic E-state index is 12.8. The second-order valence-corrected chi connectivity index (χ2v) is 3.88. The molecule has 0 fully saturated rings. The predicted molar refractivity (Wildman–Crippen MR) is 59.9 cm³/mol. The zero-order valence-corrected chi connectivity index (χ0v) is 9.62. The van der Waals surface area contributed by atoms with Gasteiger partial charge in [0, 0.05) is 17.7 Å². The molecule has 1 heterocycles. The number of aryl methyl sites for hydroxylation is 1. The SMILES string of the molecule is Cc1ncn[c]c1Cc1ccccc1C(F)(F)F. The monoisotopic (exact) mass is 251 g/mol. The van der Waals surface area contributed by atoms with Gasteiger partial charge < -0.3 is 0 Å². The molecule has 2 rings (SSSR count). The number of hydrogen-bond acceptors (Lipinski definition) is 2. The average molecular weight is 251 g/mol. The highest BCUT2D eigenvalue weighted by atomic mass is 19.4. The second kappa shape index (κ2) is 4.76. The van der Waals surface area contributed by atoms with E-state index in [1.54, 1.807) is 13.0 Å². The topological polar surface area (TPSA) is 25.8 Å². The molecule has 18 heavy (non-hydrogen) atoms. The van der Waals surface area contributed by atoms with Crippen LogP contribution in [0.15, 0.2) is 30.6 Å². The van der Waals surface area contributed by atoms with Gasteiger partial charge in [-0.25, -0.2) is 9.97 Å². The fraction of sp³-hybridized carbons (Fsp3) is 0.231. The number of aromatic nitrogens is 2. The predicted octanol–water partition coefficient (Wildman–Crippen LogP) is 3.19. The Balaban J connectivity index is 2.39. The van der Waals surface area contributed by atoms with Crippen LogP contribution in [-0.2, 0) is 12.6 Å². The third-order valence-electron chi connectivity index (χ3n) is 2.64. The molecule has 2 nitrogen and oxygen atoms in total. The van der Waals surface area contributed by atoms with Crippen molar-refractivity contribution >= 4 is 0 Å². The molecule has 0 saturated heterocycles. The van der Waals surface area contributed by atoms with Gasteiger partial charge in [0.2, 0.25) is 0 Å². The molecule has 1 aromatic carbocycles. The molecular formula is C13H10F3N2. The Hall–Kier alpha value is -1.91. The maximum Gasteiger partial charge on any atom is 0.416 e. The maximum absolute atomic E-state index is 12.8. The van der Waals surface area contributed by atoms with Crippen LogP contribution in [0.25, 0.3) is 0 Å². The van der Waals surface area contributed by atoms with Crippen LogP contribution < -0.4 is 0 Å². The van der Waals surface area contributed by atoms with Crippen molar-refractivity contribution in [2.75, 3.05) is 0 Å². The van der Waals surface area contributed by atoms with Gasteiger partial charge >= 0.3 is 6.18 Å².